The van der Waals surface area contributed by atoms with Gasteiger partial charge in [0.15, 0.2) is 0 Å². The minimum Gasteiger partial charge on any atom is -0.481 e. The summed E-state index contributed by atoms with van der Waals surface area (Å²) >= 11 is 1.93. The third kappa shape index (κ3) is 5.83. The van der Waals surface area contributed by atoms with Gasteiger partial charge in [-0.3, -0.25) is 5.32 Å². The summed E-state index contributed by atoms with van der Waals surface area (Å²) in [5.74, 6) is -1.36. The lowest BCUT2D eigenvalue weighted by Gasteiger charge is -2.11. The summed E-state index contributed by atoms with van der Waals surface area (Å²) in [5.41, 5.74) is 0. The highest BCUT2D eigenvalue weighted by molar-refractivity contribution is 9.09. The van der Waals surface area contributed by atoms with Crippen molar-refractivity contribution < 1.29 is 31.5 Å². The molecule has 0 atom stereocenters. The molecule has 1 aromatic rings. The summed E-state index contributed by atoms with van der Waals surface area (Å²) < 4.78 is 56.9. The minimum atomic E-state index is -3.70. The van der Waals surface area contributed by atoms with Crippen LogP contribution in [0.25, 0.3) is 0 Å². The maximum Gasteiger partial charge on any atom is 0.460 e. The summed E-state index contributed by atoms with van der Waals surface area (Å²) in [6.07, 6.45) is 0. The molecule has 0 fully saturated rings. The van der Waals surface area contributed by atoms with Gasteiger partial charge in [0, 0.05) is 15.9 Å². The molecule has 1 rings (SSSR count). The molecule has 1 aromatic heterocycles. The fourth-order valence-electron chi connectivity index (χ4n) is 0.921. The number of carbonyl (C=O) groups excluding carboxylic acids is 1. The highest BCUT2D eigenvalue weighted by Gasteiger charge is 2.28. The van der Waals surface area contributed by atoms with Crippen molar-refractivity contribution in [2.75, 3.05) is 12.4 Å². The number of rotatable bonds is 4. The quantitative estimate of drug-likeness (QED) is 0.790. The molecule has 9 nitrogen and oxygen atoms in total. The number of methoxy groups -OCH3 is 1. The first-order chi connectivity index (χ1) is 9.19. The number of amides is 2. The second kappa shape index (κ2) is 6.51. The first-order valence-corrected chi connectivity index (χ1v) is 6.33. The summed E-state index contributed by atoms with van der Waals surface area (Å²) in [5, 5.41) is -1.87. The maximum atomic E-state index is 12.6. The zero-order valence-corrected chi connectivity index (χ0v) is 11.9. The Labute approximate surface area is 120 Å². The molecule has 2 amide bonds. The van der Waals surface area contributed by atoms with E-state index in [-0.39, 0.29) is 5.88 Å². The van der Waals surface area contributed by atoms with E-state index in [1.807, 2.05) is 21.2 Å². The lowest BCUT2D eigenvalue weighted by Crippen LogP contribution is -2.17. The third-order valence-electron chi connectivity index (χ3n) is 1.48. The highest BCUT2D eigenvalue weighted by atomic mass is 79.9. The molecule has 0 unspecified atom stereocenters. The van der Waals surface area contributed by atoms with Crippen molar-refractivity contribution in [1.29, 1.82) is 0 Å². The van der Waals surface area contributed by atoms with Gasteiger partial charge >= 0.3 is 21.5 Å². The molecule has 0 aliphatic heterocycles. The van der Waals surface area contributed by atoms with E-state index in [2.05, 4.69) is 23.8 Å². The number of nitrogens with one attached hydrogen (secondary N) is 1. The normalized spacial score (nSPS) is 10.6. The largest absolute Gasteiger partial charge is 0.481 e. The molecule has 1 heterocycles. The van der Waals surface area contributed by atoms with E-state index in [0.717, 1.165) is 6.07 Å². The smallest absolute Gasteiger partial charge is 0.460 e. The monoisotopic (exact) mass is 374 g/mol. The van der Waals surface area contributed by atoms with Gasteiger partial charge in [0.25, 0.3) is 0 Å². The summed E-state index contributed by atoms with van der Waals surface area (Å²) in [4.78, 5) is 18.0. The first-order valence-electron chi connectivity index (χ1n) is 4.50. The number of halogens is 3. The van der Waals surface area contributed by atoms with E-state index >= 15 is 0 Å². The van der Waals surface area contributed by atoms with Crippen molar-refractivity contribution in [2.45, 2.75) is 5.02 Å². The van der Waals surface area contributed by atoms with Crippen molar-refractivity contribution in [3.05, 3.63) is 6.07 Å². The lowest BCUT2D eigenvalue weighted by atomic mass is 10.6. The fourth-order valence-corrected chi connectivity index (χ4v) is 1.27. The molecular weight excluding hydrogens is 370 g/mol. The number of nitrogens with zero attached hydrogens (tertiary/aromatic N) is 3. The van der Waals surface area contributed by atoms with E-state index in [1.165, 1.54) is 7.11 Å². The average Bonchev–Trinajstić information content (AvgIpc) is 2.24. The Hall–Kier alpha value is -1.89. The van der Waals surface area contributed by atoms with Crippen LogP contribution in [0.4, 0.5) is 19.5 Å². The van der Waals surface area contributed by atoms with Gasteiger partial charge < -0.3 is 9.47 Å². The van der Waals surface area contributed by atoms with Crippen LogP contribution in [-0.4, -0.2) is 36.5 Å². The number of urea groups is 1. The first kappa shape index (κ1) is 16.2. The van der Waals surface area contributed by atoms with Crippen molar-refractivity contribution in [2.24, 2.45) is 4.36 Å². The summed E-state index contributed by atoms with van der Waals surface area (Å²) in [6, 6.07) is -0.392. The van der Waals surface area contributed by atoms with Crippen LogP contribution in [0.2, 0.25) is 0 Å². The van der Waals surface area contributed by atoms with Gasteiger partial charge in [-0.05, 0) is 0 Å². The van der Waals surface area contributed by atoms with Crippen LogP contribution in [0, 0.1) is 0 Å². The second-order valence-electron chi connectivity index (χ2n) is 2.86. The van der Waals surface area contributed by atoms with Gasteiger partial charge in [-0.15, -0.1) is 0 Å². The van der Waals surface area contributed by atoms with Crippen LogP contribution in [0.3, 0.4) is 0 Å². The van der Waals surface area contributed by atoms with Crippen molar-refractivity contribution in [3.63, 3.8) is 0 Å². The standard InChI is InChI=1S/C7H5BrF2N4O5S/c1-18-3-2-4(19-7(8,9)10)12-5(11-3)13-6(15)14-20(16)17/h2H,1H3,(H,11,12,13,15). The molecular formula is C7H5BrF2N4O5S. The van der Waals surface area contributed by atoms with E-state index < -0.39 is 33.4 Å². The molecule has 0 aliphatic rings. The molecule has 0 radical (unpaired) electrons. The van der Waals surface area contributed by atoms with Crippen LogP contribution in [0.1, 0.15) is 0 Å². The molecule has 0 saturated carbocycles. The number of ether oxygens (including phenoxy) is 2. The van der Waals surface area contributed by atoms with Gasteiger partial charge in [0.1, 0.15) is 0 Å². The van der Waals surface area contributed by atoms with Crippen LogP contribution in [0.5, 0.6) is 11.8 Å². The number of hydrogen-bond donors (Lipinski definition) is 1. The Bertz CT molecular complexity index is 639. The average molecular weight is 375 g/mol. The number of aromatic nitrogens is 2. The number of carbonyl (C=O) groups is 1. The van der Waals surface area contributed by atoms with Gasteiger partial charge in [-0.1, -0.05) is 4.36 Å². The zero-order chi connectivity index (χ0) is 15.3. The Morgan fingerprint density at radius 1 is 1.45 bits per heavy atom. The van der Waals surface area contributed by atoms with E-state index in [1.54, 1.807) is 0 Å². The molecule has 13 heteroatoms. The lowest BCUT2D eigenvalue weighted by molar-refractivity contribution is -0.0831. The molecule has 110 valence electrons. The fraction of sp³-hybridized carbons (Fsp3) is 0.286. The molecule has 0 aromatic carbocycles. The van der Waals surface area contributed by atoms with Crippen LogP contribution >= 0.6 is 15.9 Å². The van der Waals surface area contributed by atoms with Gasteiger partial charge in [0.05, 0.1) is 13.2 Å². The van der Waals surface area contributed by atoms with E-state index in [0.29, 0.717) is 0 Å². The van der Waals surface area contributed by atoms with Gasteiger partial charge in [-0.2, -0.15) is 27.2 Å². The molecule has 0 saturated heterocycles. The molecule has 0 bridgehead atoms. The number of hydrogen-bond acceptors (Lipinski definition) is 7. The minimum absolute atomic E-state index is 0.203. The van der Waals surface area contributed by atoms with Crippen LogP contribution in [-0.2, 0) is 10.5 Å². The Morgan fingerprint density at radius 2 is 2.05 bits per heavy atom. The number of anilines is 1. The van der Waals surface area contributed by atoms with Crippen molar-refractivity contribution in [1.82, 2.24) is 9.97 Å². The van der Waals surface area contributed by atoms with E-state index in [4.69, 9.17) is 0 Å². The van der Waals surface area contributed by atoms with Crippen LogP contribution in [0.15, 0.2) is 10.4 Å². The van der Waals surface area contributed by atoms with Crippen LogP contribution < -0.4 is 14.8 Å². The molecule has 20 heavy (non-hydrogen) atoms. The number of alkyl halides is 3. The summed E-state index contributed by atoms with van der Waals surface area (Å²) in [7, 11) is -1.80. The summed E-state index contributed by atoms with van der Waals surface area (Å²) in [6.45, 7) is 0. The zero-order valence-electron chi connectivity index (χ0n) is 9.50. The Kier molecular flexibility index (Phi) is 5.26. The molecule has 0 aliphatic carbocycles. The topological polar surface area (TPSA) is 120 Å². The van der Waals surface area contributed by atoms with Crippen molar-refractivity contribution >= 4 is 38.4 Å². The maximum absolute atomic E-state index is 12.6. The molecule has 0 spiro atoms. The van der Waals surface area contributed by atoms with Gasteiger partial charge in [0.2, 0.25) is 17.7 Å². The Morgan fingerprint density at radius 3 is 2.55 bits per heavy atom. The second-order valence-corrected chi connectivity index (χ2v) is 4.40. The predicted octanol–water partition coefficient (Wildman–Crippen LogP) is 1.40. The van der Waals surface area contributed by atoms with E-state index in [9.17, 15) is 22.0 Å². The SMILES string of the molecule is COc1cc(OC(F)(F)Br)nc(NC(=O)N=S(=O)=O)n1. The molecule has 1 N–H and O–H groups in total. The van der Waals surface area contributed by atoms with Crippen molar-refractivity contribution in [3.8, 4) is 11.8 Å². The Balaban J connectivity index is 3.04. The third-order valence-corrected chi connectivity index (χ3v) is 1.96. The highest BCUT2D eigenvalue weighted by Crippen LogP contribution is 2.27. The van der Waals surface area contributed by atoms with Gasteiger partial charge in [-0.25, -0.2) is 4.79 Å². The predicted molar refractivity (Wildman–Crippen MR) is 63.5 cm³/mol.